The van der Waals surface area contributed by atoms with Crippen molar-refractivity contribution in [3.8, 4) is 17.2 Å². The molecule has 0 aromatic heterocycles. The van der Waals surface area contributed by atoms with Gasteiger partial charge in [-0.05, 0) is 30.3 Å². The Kier molecular flexibility index (Phi) is 6.91. The SMILES string of the molecule is CC(=O)N[C@H]1[C@H](Oc2cccc3c2C(=O)OC3(c2ccc(O)cc2)c2ccc(O)cc2)O[C@H](CO)[C@@H](O)[C@@H]1O. The van der Waals surface area contributed by atoms with E-state index in [0.29, 0.717) is 16.7 Å². The lowest BCUT2D eigenvalue weighted by molar-refractivity contribution is -0.244. The number of esters is 1. The van der Waals surface area contributed by atoms with Crippen LogP contribution in [-0.4, -0.2) is 74.7 Å². The van der Waals surface area contributed by atoms with Crippen molar-refractivity contribution >= 4 is 11.9 Å². The van der Waals surface area contributed by atoms with E-state index in [-0.39, 0.29) is 22.8 Å². The number of benzene rings is 3. The number of aliphatic hydroxyl groups is 3. The van der Waals surface area contributed by atoms with Gasteiger partial charge in [-0.25, -0.2) is 4.79 Å². The van der Waals surface area contributed by atoms with E-state index in [1.807, 2.05) is 0 Å². The number of amides is 1. The molecule has 5 atom stereocenters. The Labute approximate surface area is 222 Å². The Morgan fingerprint density at radius 1 is 0.949 bits per heavy atom. The molecule has 2 heterocycles. The molecule has 5 rings (SSSR count). The molecule has 39 heavy (non-hydrogen) atoms. The van der Waals surface area contributed by atoms with Gasteiger partial charge in [0.05, 0.1) is 6.61 Å². The van der Waals surface area contributed by atoms with Gasteiger partial charge in [0.1, 0.15) is 47.2 Å². The highest BCUT2D eigenvalue weighted by molar-refractivity contribution is 5.99. The van der Waals surface area contributed by atoms with E-state index in [1.165, 1.54) is 37.3 Å². The molecule has 0 saturated carbocycles. The van der Waals surface area contributed by atoms with Crippen LogP contribution in [0.4, 0.5) is 0 Å². The molecule has 2 aliphatic rings. The average Bonchev–Trinajstić information content (AvgIpc) is 3.22. The molecule has 1 fully saturated rings. The Morgan fingerprint density at radius 2 is 1.54 bits per heavy atom. The zero-order valence-electron chi connectivity index (χ0n) is 20.7. The summed E-state index contributed by atoms with van der Waals surface area (Å²) in [6.45, 7) is 0.584. The molecule has 0 bridgehead atoms. The van der Waals surface area contributed by atoms with Crippen molar-refractivity contribution < 1.29 is 49.3 Å². The number of hydrogen-bond donors (Lipinski definition) is 6. The highest BCUT2D eigenvalue weighted by atomic mass is 16.7. The monoisotopic (exact) mass is 537 g/mol. The number of hydrogen-bond acceptors (Lipinski definition) is 10. The molecule has 0 unspecified atom stereocenters. The topological polar surface area (TPSA) is 175 Å². The van der Waals surface area contributed by atoms with Crippen molar-refractivity contribution in [1.29, 1.82) is 0 Å². The van der Waals surface area contributed by atoms with Crippen LogP contribution in [0.2, 0.25) is 0 Å². The molecule has 3 aromatic carbocycles. The van der Waals surface area contributed by atoms with Gasteiger partial charge in [0, 0.05) is 23.6 Å². The summed E-state index contributed by atoms with van der Waals surface area (Å²) in [7, 11) is 0. The molecular formula is C28H27NO10. The number of phenolic OH excluding ortho intramolecular Hbond substituents is 2. The molecule has 0 aliphatic carbocycles. The van der Waals surface area contributed by atoms with Crippen LogP contribution in [0.25, 0.3) is 0 Å². The summed E-state index contributed by atoms with van der Waals surface area (Å²) in [5, 5.41) is 52.8. The summed E-state index contributed by atoms with van der Waals surface area (Å²) in [5.41, 5.74) is -0.00284. The molecule has 0 radical (unpaired) electrons. The predicted octanol–water partition coefficient (Wildman–Crippen LogP) is 0.883. The van der Waals surface area contributed by atoms with Gasteiger partial charge in [-0.1, -0.05) is 36.4 Å². The lowest BCUT2D eigenvalue weighted by Gasteiger charge is -2.42. The number of nitrogens with one attached hydrogen (secondary N) is 1. The van der Waals surface area contributed by atoms with Crippen molar-refractivity contribution in [2.75, 3.05) is 6.61 Å². The first kappa shape index (κ1) is 26.4. The van der Waals surface area contributed by atoms with Crippen LogP contribution < -0.4 is 10.1 Å². The quantitative estimate of drug-likeness (QED) is 0.248. The van der Waals surface area contributed by atoms with E-state index in [1.54, 1.807) is 36.4 Å². The summed E-state index contributed by atoms with van der Waals surface area (Å²) in [6.07, 6.45) is -5.65. The number of aliphatic hydroxyl groups excluding tert-OH is 3. The number of carbonyl (C=O) groups is 2. The van der Waals surface area contributed by atoms with Crippen LogP contribution in [0, 0.1) is 0 Å². The van der Waals surface area contributed by atoms with E-state index in [4.69, 9.17) is 14.2 Å². The Hall–Kier alpha value is -4.16. The number of cyclic esters (lactones) is 1. The van der Waals surface area contributed by atoms with Crippen molar-refractivity contribution in [2.45, 2.75) is 43.2 Å². The summed E-state index contributed by atoms with van der Waals surface area (Å²) in [4.78, 5) is 25.3. The Balaban J connectivity index is 1.62. The number of aromatic hydroxyl groups is 2. The van der Waals surface area contributed by atoms with Gasteiger partial charge in [0.2, 0.25) is 12.2 Å². The minimum Gasteiger partial charge on any atom is -0.508 e. The number of phenols is 2. The van der Waals surface area contributed by atoms with E-state index in [9.17, 15) is 35.1 Å². The molecule has 11 heteroatoms. The van der Waals surface area contributed by atoms with Gasteiger partial charge in [-0.15, -0.1) is 0 Å². The lowest BCUT2D eigenvalue weighted by atomic mass is 9.79. The van der Waals surface area contributed by atoms with Crippen LogP contribution >= 0.6 is 0 Å². The predicted molar refractivity (Wildman–Crippen MR) is 134 cm³/mol. The van der Waals surface area contributed by atoms with Crippen LogP contribution in [0.3, 0.4) is 0 Å². The molecule has 204 valence electrons. The van der Waals surface area contributed by atoms with Crippen LogP contribution in [0.5, 0.6) is 17.2 Å². The van der Waals surface area contributed by atoms with Crippen LogP contribution in [0.15, 0.2) is 66.7 Å². The second kappa shape index (κ2) is 10.2. The second-order valence-corrected chi connectivity index (χ2v) is 9.39. The van der Waals surface area contributed by atoms with E-state index in [0.717, 1.165) is 0 Å². The van der Waals surface area contributed by atoms with Gasteiger partial charge < -0.3 is 45.1 Å². The van der Waals surface area contributed by atoms with Gasteiger partial charge >= 0.3 is 5.97 Å². The molecule has 1 amide bonds. The van der Waals surface area contributed by atoms with E-state index in [2.05, 4.69) is 5.32 Å². The molecule has 6 N–H and O–H groups in total. The van der Waals surface area contributed by atoms with Gasteiger partial charge in [-0.2, -0.15) is 0 Å². The highest BCUT2D eigenvalue weighted by Gasteiger charge is 2.51. The van der Waals surface area contributed by atoms with Crippen LogP contribution in [0.1, 0.15) is 34.0 Å². The summed E-state index contributed by atoms with van der Waals surface area (Å²) >= 11 is 0. The second-order valence-electron chi connectivity index (χ2n) is 9.39. The smallest absolute Gasteiger partial charge is 0.343 e. The molecule has 11 nitrogen and oxygen atoms in total. The maximum Gasteiger partial charge on any atom is 0.343 e. The first-order valence-corrected chi connectivity index (χ1v) is 12.2. The maximum absolute atomic E-state index is 13.5. The fourth-order valence-corrected chi connectivity index (χ4v) is 5.06. The van der Waals surface area contributed by atoms with Gasteiger partial charge in [0.15, 0.2) is 5.60 Å². The third kappa shape index (κ3) is 4.55. The van der Waals surface area contributed by atoms with E-state index < -0.39 is 54.7 Å². The normalized spacial score (nSPS) is 25.4. The van der Waals surface area contributed by atoms with Crippen LogP contribution in [-0.2, 0) is 19.9 Å². The average molecular weight is 538 g/mol. The van der Waals surface area contributed by atoms with Crippen molar-refractivity contribution in [3.63, 3.8) is 0 Å². The first-order valence-electron chi connectivity index (χ1n) is 12.2. The molecule has 1 saturated heterocycles. The third-order valence-electron chi connectivity index (χ3n) is 6.90. The fraction of sp³-hybridized carbons (Fsp3) is 0.286. The summed E-state index contributed by atoms with van der Waals surface area (Å²) < 4.78 is 17.8. The molecule has 0 spiro atoms. The number of rotatable bonds is 6. The summed E-state index contributed by atoms with van der Waals surface area (Å²) in [6, 6.07) is 15.8. The van der Waals surface area contributed by atoms with Crippen molar-refractivity contribution in [3.05, 3.63) is 89.0 Å². The van der Waals surface area contributed by atoms with Crippen molar-refractivity contribution in [1.82, 2.24) is 5.32 Å². The number of fused-ring (bicyclic) bond motifs is 1. The Morgan fingerprint density at radius 3 is 2.08 bits per heavy atom. The first-order chi connectivity index (χ1) is 18.6. The fourth-order valence-electron chi connectivity index (χ4n) is 5.06. The standard InChI is InChI=1S/C28H27NO10/c1-14(31)29-23-25(35)24(34)21(13-30)38-27(23)37-20-4-2-3-19-22(20)26(36)39-28(19,15-5-9-17(32)10-6-15)16-7-11-18(33)12-8-16/h2-12,21,23-25,27,30,32-35H,13H2,1H3,(H,29,31)/t21-,23-,24-,25-,27-/m1/s1. The molecular weight excluding hydrogens is 510 g/mol. The third-order valence-corrected chi connectivity index (χ3v) is 6.90. The minimum atomic E-state index is -1.54. The largest absolute Gasteiger partial charge is 0.508 e. The number of carbonyl (C=O) groups excluding carboxylic acids is 2. The highest BCUT2D eigenvalue weighted by Crippen LogP contribution is 2.50. The maximum atomic E-state index is 13.5. The van der Waals surface area contributed by atoms with E-state index >= 15 is 0 Å². The zero-order chi connectivity index (χ0) is 27.9. The lowest BCUT2D eigenvalue weighted by Crippen LogP contribution is -2.65. The van der Waals surface area contributed by atoms with Gasteiger partial charge in [-0.3, -0.25) is 4.79 Å². The number of ether oxygens (including phenoxy) is 3. The van der Waals surface area contributed by atoms with Crippen molar-refractivity contribution in [2.24, 2.45) is 0 Å². The van der Waals surface area contributed by atoms with Gasteiger partial charge in [0.25, 0.3) is 0 Å². The molecule has 3 aromatic rings. The zero-order valence-corrected chi connectivity index (χ0v) is 20.7. The summed E-state index contributed by atoms with van der Waals surface area (Å²) in [5.74, 6) is -1.23. The Bertz CT molecular complexity index is 1330. The molecule has 2 aliphatic heterocycles. The minimum absolute atomic E-state index is 0.0116.